The van der Waals surface area contributed by atoms with E-state index in [-0.39, 0.29) is 11.8 Å². The molecule has 0 saturated heterocycles. The first-order valence-electron chi connectivity index (χ1n) is 14.8. The number of anilines is 3. The molecule has 6 aromatic rings. The predicted molar refractivity (Wildman–Crippen MR) is 179 cm³/mol. The second-order valence-electron chi connectivity index (χ2n) is 11.8. The molecule has 9 heteroatoms. The number of carbonyl (C=O) groups is 2. The highest BCUT2D eigenvalue weighted by Gasteiger charge is 2.30. The number of nitrogens with zero attached hydrogens (tertiary/aromatic N) is 5. The maximum absolute atomic E-state index is 12.9. The van der Waals surface area contributed by atoms with Gasteiger partial charge in [-0.2, -0.15) is 5.10 Å². The van der Waals surface area contributed by atoms with Gasteiger partial charge in [-0.15, -0.1) is 0 Å². The van der Waals surface area contributed by atoms with Crippen LogP contribution in [0.1, 0.15) is 37.5 Å². The van der Waals surface area contributed by atoms with Crippen molar-refractivity contribution in [2.75, 3.05) is 35.9 Å². The molecule has 2 amide bonds. The number of benzene rings is 4. The van der Waals surface area contributed by atoms with Gasteiger partial charge < -0.3 is 24.0 Å². The molecule has 4 heterocycles. The maximum atomic E-state index is 12.9. The summed E-state index contributed by atoms with van der Waals surface area (Å²) in [4.78, 5) is 31.1. The Hall–Kier alpha value is -5.57. The van der Waals surface area contributed by atoms with Crippen molar-refractivity contribution in [2.24, 2.45) is 7.05 Å². The van der Waals surface area contributed by atoms with Crippen molar-refractivity contribution in [3.05, 3.63) is 113 Å². The van der Waals surface area contributed by atoms with Crippen molar-refractivity contribution in [1.82, 2.24) is 14.8 Å². The number of methoxy groups -OCH3 is 1. The summed E-state index contributed by atoms with van der Waals surface area (Å²) in [5.41, 5.74) is 9.84. The van der Waals surface area contributed by atoms with Crippen molar-refractivity contribution in [1.29, 1.82) is 0 Å². The van der Waals surface area contributed by atoms with Gasteiger partial charge in [-0.3, -0.25) is 14.7 Å². The summed E-state index contributed by atoms with van der Waals surface area (Å²) in [5, 5.41) is 9.14. The van der Waals surface area contributed by atoms with Gasteiger partial charge >= 0.3 is 0 Å². The Morgan fingerprint density at radius 1 is 0.778 bits per heavy atom. The van der Waals surface area contributed by atoms with E-state index in [4.69, 9.17) is 4.74 Å². The Kier molecular flexibility index (Phi) is 6.81. The van der Waals surface area contributed by atoms with E-state index in [0.29, 0.717) is 24.4 Å². The largest absolute Gasteiger partial charge is 0.497 e. The SMILES string of the molecule is COc1ccc2c(c1)C(=O)N(c1ccc3cn[nH]c3c1)C2.Cc1cc2cc(N3Cc4ccc(N(C)C)cc4C3=O)ccc2n1C. The minimum atomic E-state index is 0.00256. The highest BCUT2D eigenvalue weighted by atomic mass is 16.5. The second-order valence-corrected chi connectivity index (χ2v) is 11.8. The summed E-state index contributed by atoms with van der Waals surface area (Å²) in [6.07, 6.45) is 1.77. The summed E-state index contributed by atoms with van der Waals surface area (Å²) < 4.78 is 7.36. The van der Waals surface area contributed by atoms with Gasteiger partial charge in [0, 0.05) is 71.3 Å². The average molecular weight is 599 g/mol. The Morgan fingerprint density at radius 2 is 1.44 bits per heavy atom. The lowest BCUT2D eigenvalue weighted by Gasteiger charge is -2.16. The molecular weight excluding hydrogens is 564 g/mol. The number of ether oxygens (including phenoxy) is 1. The minimum Gasteiger partial charge on any atom is -0.497 e. The van der Waals surface area contributed by atoms with Crippen LogP contribution in [0.25, 0.3) is 21.8 Å². The third-order valence-electron chi connectivity index (χ3n) is 8.85. The zero-order valence-corrected chi connectivity index (χ0v) is 26.0. The number of nitrogens with one attached hydrogen (secondary N) is 1. The van der Waals surface area contributed by atoms with E-state index < -0.39 is 0 Å². The van der Waals surface area contributed by atoms with Crippen molar-refractivity contribution in [2.45, 2.75) is 20.0 Å². The van der Waals surface area contributed by atoms with E-state index in [2.05, 4.69) is 59.1 Å². The lowest BCUT2D eigenvalue weighted by Crippen LogP contribution is -2.22. The molecule has 0 bridgehead atoms. The summed E-state index contributed by atoms with van der Waals surface area (Å²) >= 11 is 0. The van der Waals surface area contributed by atoms with E-state index in [1.807, 2.05) is 66.4 Å². The van der Waals surface area contributed by atoms with E-state index in [1.54, 1.807) is 24.3 Å². The van der Waals surface area contributed by atoms with Gasteiger partial charge in [0.15, 0.2) is 0 Å². The van der Waals surface area contributed by atoms with Crippen LogP contribution in [0.3, 0.4) is 0 Å². The highest BCUT2D eigenvalue weighted by molar-refractivity contribution is 6.12. The van der Waals surface area contributed by atoms with E-state index in [1.165, 1.54) is 16.6 Å². The third kappa shape index (κ3) is 4.86. The van der Waals surface area contributed by atoms with E-state index in [0.717, 1.165) is 44.7 Å². The van der Waals surface area contributed by atoms with Crippen molar-refractivity contribution in [3.63, 3.8) is 0 Å². The van der Waals surface area contributed by atoms with Gasteiger partial charge in [0.05, 0.1) is 31.9 Å². The smallest absolute Gasteiger partial charge is 0.259 e. The fourth-order valence-electron chi connectivity index (χ4n) is 6.13. The molecule has 0 atom stereocenters. The third-order valence-corrected chi connectivity index (χ3v) is 8.85. The van der Waals surface area contributed by atoms with Crippen LogP contribution >= 0.6 is 0 Å². The molecule has 2 aliphatic heterocycles. The van der Waals surface area contributed by atoms with Crippen LogP contribution < -0.4 is 19.4 Å². The quantitative estimate of drug-likeness (QED) is 0.252. The highest BCUT2D eigenvalue weighted by Crippen LogP contribution is 2.34. The molecule has 0 radical (unpaired) electrons. The average Bonchev–Trinajstić information content (AvgIpc) is 3.81. The minimum absolute atomic E-state index is 0.00256. The monoisotopic (exact) mass is 598 g/mol. The predicted octanol–water partition coefficient (Wildman–Crippen LogP) is 6.45. The van der Waals surface area contributed by atoms with Gasteiger partial charge in [-0.05, 0) is 84.8 Å². The van der Waals surface area contributed by atoms with Gasteiger partial charge in [0.2, 0.25) is 0 Å². The van der Waals surface area contributed by atoms with Crippen LogP contribution in [-0.4, -0.2) is 47.8 Å². The molecule has 0 aliphatic carbocycles. The molecule has 45 heavy (non-hydrogen) atoms. The fraction of sp³-hybridized carbons (Fsp3) is 0.194. The Morgan fingerprint density at radius 3 is 2.16 bits per heavy atom. The number of fused-ring (bicyclic) bond motifs is 4. The number of carbonyl (C=O) groups excluding carboxylic acids is 2. The lowest BCUT2D eigenvalue weighted by atomic mass is 10.1. The maximum Gasteiger partial charge on any atom is 0.259 e. The fourth-order valence-corrected chi connectivity index (χ4v) is 6.13. The van der Waals surface area contributed by atoms with Gasteiger partial charge in [-0.25, -0.2) is 0 Å². The molecule has 0 saturated carbocycles. The normalized spacial score (nSPS) is 13.7. The molecule has 0 spiro atoms. The lowest BCUT2D eigenvalue weighted by molar-refractivity contribution is 0.0988. The van der Waals surface area contributed by atoms with Crippen LogP contribution in [0.15, 0.2) is 85.1 Å². The van der Waals surface area contributed by atoms with Gasteiger partial charge in [0.1, 0.15) is 5.75 Å². The van der Waals surface area contributed by atoms with Crippen LogP contribution in [0.5, 0.6) is 5.75 Å². The summed E-state index contributed by atoms with van der Waals surface area (Å²) in [5.74, 6) is 0.788. The topological polar surface area (TPSA) is 86.7 Å². The van der Waals surface area contributed by atoms with Gasteiger partial charge in [0.25, 0.3) is 11.8 Å². The van der Waals surface area contributed by atoms with E-state index in [9.17, 15) is 9.59 Å². The molecule has 1 N–H and O–H groups in total. The number of aryl methyl sites for hydroxylation is 2. The molecule has 8 rings (SSSR count). The van der Waals surface area contributed by atoms with Crippen molar-refractivity contribution < 1.29 is 14.3 Å². The van der Waals surface area contributed by atoms with Crippen LogP contribution in [0.4, 0.5) is 17.1 Å². The number of amides is 2. The summed E-state index contributed by atoms with van der Waals surface area (Å²) in [7, 11) is 7.65. The van der Waals surface area contributed by atoms with Crippen LogP contribution in [0, 0.1) is 6.92 Å². The van der Waals surface area contributed by atoms with Crippen LogP contribution in [-0.2, 0) is 20.1 Å². The number of hydrogen-bond acceptors (Lipinski definition) is 5. The zero-order valence-electron chi connectivity index (χ0n) is 26.0. The van der Waals surface area contributed by atoms with Crippen LogP contribution in [0.2, 0.25) is 0 Å². The second kappa shape index (κ2) is 10.9. The van der Waals surface area contributed by atoms with Gasteiger partial charge in [-0.1, -0.05) is 12.1 Å². The standard InChI is InChI=1S/C20H21N3O.C16H13N3O2/c1-13-9-15-10-17(7-8-19(15)22(13)4)23-12-14-5-6-16(21(2)3)11-18(14)20(23)24;1-21-13-5-3-11-9-19(16(20)14(11)7-13)12-4-2-10-8-17-18-15(10)6-12/h5-11H,12H2,1-4H3;2-8H,9H2,1H3,(H,17,18). The first-order valence-corrected chi connectivity index (χ1v) is 14.8. The molecule has 0 fully saturated rings. The number of aromatic nitrogens is 3. The molecule has 226 valence electrons. The number of aromatic amines is 1. The molecule has 9 nitrogen and oxygen atoms in total. The zero-order chi connectivity index (χ0) is 31.4. The molecular formula is C36H34N6O3. The summed E-state index contributed by atoms with van der Waals surface area (Å²) in [6, 6.07) is 26.0. The Balaban J connectivity index is 0.000000146. The Bertz CT molecular complexity index is 2120. The number of hydrogen-bond donors (Lipinski definition) is 1. The molecule has 2 aromatic heterocycles. The summed E-state index contributed by atoms with van der Waals surface area (Å²) in [6.45, 7) is 3.32. The van der Waals surface area contributed by atoms with Crippen molar-refractivity contribution >= 4 is 50.7 Å². The Labute approximate surface area is 261 Å². The number of rotatable bonds is 4. The number of H-pyrrole nitrogens is 1. The first kappa shape index (κ1) is 28.2. The molecule has 2 aliphatic rings. The first-order chi connectivity index (χ1) is 21.7. The molecule has 4 aromatic carbocycles. The molecule has 0 unspecified atom stereocenters. The van der Waals surface area contributed by atoms with E-state index >= 15 is 0 Å². The van der Waals surface area contributed by atoms with Crippen molar-refractivity contribution in [3.8, 4) is 5.75 Å².